The van der Waals surface area contributed by atoms with Gasteiger partial charge in [-0.3, -0.25) is 9.78 Å². The number of fused-ring (bicyclic) bond motifs is 1. The second-order valence-electron chi connectivity index (χ2n) is 6.95. The van der Waals surface area contributed by atoms with Crippen LogP contribution in [0.15, 0.2) is 54.9 Å². The topological polar surface area (TPSA) is 47.4 Å². The molecule has 5 heteroatoms. The molecule has 3 heterocycles. The molecule has 0 radical (unpaired) electrons. The Balaban J connectivity index is 1.47. The third-order valence-corrected chi connectivity index (χ3v) is 5.12. The van der Waals surface area contributed by atoms with Crippen molar-refractivity contribution in [2.75, 3.05) is 26.3 Å². The van der Waals surface area contributed by atoms with Crippen molar-refractivity contribution in [2.24, 2.45) is 0 Å². The van der Waals surface area contributed by atoms with Crippen LogP contribution in [0.3, 0.4) is 0 Å². The average molecular weight is 363 g/mol. The van der Waals surface area contributed by atoms with Crippen LogP contribution in [-0.4, -0.2) is 46.7 Å². The molecule has 3 aromatic rings. The van der Waals surface area contributed by atoms with Gasteiger partial charge >= 0.3 is 0 Å². The number of aromatic nitrogens is 2. The monoisotopic (exact) mass is 363 g/mol. The van der Waals surface area contributed by atoms with Gasteiger partial charge in [-0.15, -0.1) is 0 Å². The maximum atomic E-state index is 13.0. The molecule has 0 spiro atoms. The molecule has 0 N–H and O–H groups in total. The van der Waals surface area contributed by atoms with E-state index >= 15 is 0 Å². The molecule has 1 aliphatic rings. The van der Waals surface area contributed by atoms with E-state index in [0.29, 0.717) is 31.9 Å². The fourth-order valence-corrected chi connectivity index (χ4v) is 3.66. The molecular weight excluding hydrogens is 338 g/mol. The van der Waals surface area contributed by atoms with Gasteiger partial charge in [-0.2, -0.15) is 0 Å². The van der Waals surface area contributed by atoms with Gasteiger partial charge in [0, 0.05) is 32.0 Å². The summed E-state index contributed by atoms with van der Waals surface area (Å²) < 4.78 is 7.55. The lowest BCUT2D eigenvalue weighted by Gasteiger charge is -2.26. The zero-order valence-corrected chi connectivity index (χ0v) is 15.5. The van der Waals surface area contributed by atoms with Gasteiger partial charge in [-0.25, -0.2) is 0 Å². The molecule has 1 aromatic carbocycles. The number of unbranched alkanes of at least 4 members (excludes halogenated alkanes) is 1. The Morgan fingerprint density at radius 1 is 1.04 bits per heavy atom. The summed E-state index contributed by atoms with van der Waals surface area (Å²) in [6, 6.07) is 14.6. The molecule has 27 heavy (non-hydrogen) atoms. The first-order valence-electron chi connectivity index (χ1n) is 9.68. The van der Waals surface area contributed by atoms with Crippen LogP contribution >= 0.6 is 0 Å². The van der Waals surface area contributed by atoms with Crippen molar-refractivity contribution >= 4 is 16.9 Å². The average Bonchev–Trinajstić information content (AvgIpc) is 3.11. The van der Waals surface area contributed by atoms with Crippen molar-refractivity contribution in [3.8, 4) is 0 Å². The molecular formula is C22H25N3O2. The second kappa shape index (κ2) is 8.35. The number of amides is 1. The summed E-state index contributed by atoms with van der Waals surface area (Å²) in [5, 5.41) is 0. The molecule has 1 amide bonds. The summed E-state index contributed by atoms with van der Waals surface area (Å²) in [5.41, 5.74) is 3.92. The molecule has 1 aliphatic heterocycles. The lowest BCUT2D eigenvalue weighted by atomic mass is 10.1. The normalized spacial score (nSPS) is 14.6. The van der Waals surface area contributed by atoms with Crippen LogP contribution in [0.2, 0.25) is 0 Å². The van der Waals surface area contributed by atoms with Gasteiger partial charge in [0.2, 0.25) is 0 Å². The quantitative estimate of drug-likeness (QED) is 0.630. The maximum absolute atomic E-state index is 13.0. The molecule has 4 rings (SSSR count). The van der Waals surface area contributed by atoms with Crippen LogP contribution in [0.1, 0.15) is 28.8 Å². The van der Waals surface area contributed by atoms with Crippen molar-refractivity contribution in [3.05, 3.63) is 66.0 Å². The minimum Gasteiger partial charge on any atom is -0.378 e. The van der Waals surface area contributed by atoms with Crippen LogP contribution in [0.4, 0.5) is 0 Å². The number of ether oxygens (including phenoxy) is 1. The lowest BCUT2D eigenvalue weighted by molar-refractivity contribution is 0.0304. The highest BCUT2D eigenvalue weighted by atomic mass is 16.5. The summed E-state index contributed by atoms with van der Waals surface area (Å²) >= 11 is 0. The summed E-state index contributed by atoms with van der Waals surface area (Å²) in [6.45, 7) is 3.41. The Labute approximate surface area is 159 Å². The second-order valence-corrected chi connectivity index (χ2v) is 6.95. The number of carbonyl (C=O) groups is 1. The van der Waals surface area contributed by atoms with Gasteiger partial charge < -0.3 is 14.2 Å². The van der Waals surface area contributed by atoms with E-state index in [-0.39, 0.29) is 5.91 Å². The number of carbonyl (C=O) groups excluding carboxylic acids is 1. The third-order valence-electron chi connectivity index (χ3n) is 5.12. The number of aryl methyl sites for hydroxylation is 2. The number of hydrogen-bond acceptors (Lipinski definition) is 3. The minimum atomic E-state index is 0.0602. The molecule has 0 atom stereocenters. The van der Waals surface area contributed by atoms with E-state index in [1.807, 2.05) is 17.2 Å². The predicted octanol–water partition coefficient (Wildman–Crippen LogP) is 3.53. The van der Waals surface area contributed by atoms with E-state index in [0.717, 1.165) is 36.8 Å². The zero-order chi connectivity index (χ0) is 18.5. The van der Waals surface area contributed by atoms with Crippen LogP contribution in [0, 0.1) is 0 Å². The highest BCUT2D eigenvalue weighted by Crippen LogP contribution is 2.22. The fraction of sp³-hybridized carbons (Fsp3) is 0.364. The van der Waals surface area contributed by atoms with Crippen LogP contribution < -0.4 is 0 Å². The van der Waals surface area contributed by atoms with E-state index in [1.54, 1.807) is 6.20 Å². The number of pyridine rings is 1. The van der Waals surface area contributed by atoms with Crippen molar-refractivity contribution in [1.29, 1.82) is 0 Å². The van der Waals surface area contributed by atoms with Gasteiger partial charge in [0.05, 0.1) is 24.3 Å². The van der Waals surface area contributed by atoms with Crippen molar-refractivity contribution < 1.29 is 9.53 Å². The van der Waals surface area contributed by atoms with E-state index in [2.05, 4.69) is 45.9 Å². The van der Waals surface area contributed by atoms with E-state index in [1.165, 1.54) is 5.56 Å². The Hall–Kier alpha value is -2.66. The third kappa shape index (κ3) is 4.03. The smallest absolute Gasteiger partial charge is 0.257 e. The number of nitrogens with zero attached hydrogens (tertiary/aromatic N) is 3. The van der Waals surface area contributed by atoms with Gasteiger partial charge in [-0.1, -0.05) is 30.3 Å². The highest BCUT2D eigenvalue weighted by molar-refractivity contribution is 6.05. The molecule has 5 nitrogen and oxygen atoms in total. The van der Waals surface area contributed by atoms with E-state index < -0.39 is 0 Å². The Morgan fingerprint density at radius 3 is 2.67 bits per heavy atom. The predicted molar refractivity (Wildman–Crippen MR) is 106 cm³/mol. The number of benzene rings is 1. The zero-order valence-electron chi connectivity index (χ0n) is 15.5. The van der Waals surface area contributed by atoms with Gasteiger partial charge in [-0.05, 0) is 37.0 Å². The highest BCUT2D eigenvalue weighted by Gasteiger charge is 2.23. The molecule has 1 saturated heterocycles. The SMILES string of the molecule is O=C(c1cn(CCCCc2ccccc2)c2cccnc12)N1CCOCC1. The summed E-state index contributed by atoms with van der Waals surface area (Å²) in [7, 11) is 0. The number of rotatable bonds is 6. The van der Waals surface area contributed by atoms with Crippen LogP contribution in [0.5, 0.6) is 0 Å². The Kier molecular flexibility index (Phi) is 5.49. The molecule has 1 fully saturated rings. The standard InChI is InChI=1S/C22H25N3O2/c26-22(24-13-15-27-16-14-24)19-17-25(20-10-6-11-23-21(19)20)12-5-4-9-18-7-2-1-3-8-18/h1-3,6-8,10-11,17H,4-5,9,12-16H2. The molecule has 0 bridgehead atoms. The number of hydrogen-bond donors (Lipinski definition) is 0. The van der Waals surface area contributed by atoms with Crippen molar-refractivity contribution in [1.82, 2.24) is 14.5 Å². The molecule has 0 aliphatic carbocycles. The first kappa shape index (κ1) is 17.7. The van der Waals surface area contributed by atoms with Crippen molar-refractivity contribution in [2.45, 2.75) is 25.8 Å². The van der Waals surface area contributed by atoms with Crippen LogP contribution in [-0.2, 0) is 17.7 Å². The summed E-state index contributed by atoms with van der Waals surface area (Å²) in [6.07, 6.45) is 7.02. The van der Waals surface area contributed by atoms with Crippen molar-refractivity contribution in [3.63, 3.8) is 0 Å². The summed E-state index contributed by atoms with van der Waals surface area (Å²) in [5.74, 6) is 0.0602. The molecule has 2 aromatic heterocycles. The maximum Gasteiger partial charge on any atom is 0.257 e. The van der Waals surface area contributed by atoms with E-state index in [9.17, 15) is 4.79 Å². The number of morpholine rings is 1. The Bertz CT molecular complexity index is 898. The molecule has 0 saturated carbocycles. The lowest BCUT2D eigenvalue weighted by Crippen LogP contribution is -2.40. The largest absolute Gasteiger partial charge is 0.378 e. The first-order chi connectivity index (χ1) is 13.3. The molecule has 0 unspecified atom stereocenters. The van der Waals surface area contributed by atoms with Crippen LogP contribution in [0.25, 0.3) is 11.0 Å². The van der Waals surface area contributed by atoms with E-state index in [4.69, 9.17) is 4.74 Å². The fourth-order valence-electron chi connectivity index (χ4n) is 3.66. The minimum absolute atomic E-state index is 0.0602. The molecule has 140 valence electrons. The van der Waals surface area contributed by atoms with Gasteiger partial charge in [0.1, 0.15) is 5.52 Å². The Morgan fingerprint density at radius 2 is 1.85 bits per heavy atom. The van der Waals surface area contributed by atoms with Gasteiger partial charge in [0.15, 0.2) is 0 Å². The van der Waals surface area contributed by atoms with Gasteiger partial charge in [0.25, 0.3) is 5.91 Å². The first-order valence-corrected chi connectivity index (χ1v) is 9.68. The summed E-state index contributed by atoms with van der Waals surface area (Å²) in [4.78, 5) is 19.3.